The molecule has 0 bridgehead atoms. The number of aryl methyl sites for hydroxylation is 1. The normalized spacial score (nSPS) is 10.9. The number of ether oxygens (including phenoxy) is 1. The predicted molar refractivity (Wildman–Crippen MR) is 104 cm³/mol. The molecule has 0 fully saturated rings. The number of nitrogens with one attached hydrogen (secondary N) is 2. The van der Waals surface area contributed by atoms with Gasteiger partial charge in [-0.05, 0) is 37.3 Å². The van der Waals surface area contributed by atoms with Gasteiger partial charge in [-0.3, -0.25) is 14.5 Å². The van der Waals surface area contributed by atoms with Gasteiger partial charge in [0.25, 0.3) is 0 Å². The third kappa shape index (κ3) is 5.01. The molecule has 1 amide bonds. The Labute approximate surface area is 165 Å². The summed E-state index contributed by atoms with van der Waals surface area (Å²) >= 11 is 5.27. The van der Waals surface area contributed by atoms with E-state index in [1.807, 2.05) is 31.2 Å². The quantitative estimate of drug-likeness (QED) is 0.567. The van der Waals surface area contributed by atoms with Gasteiger partial charge in [0, 0.05) is 30.3 Å². The zero-order chi connectivity index (χ0) is 20.1. The second-order valence-electron chi connectivity index (χ2n) is 6.08. The van der Waals surface area contributed by atoms with Crippen molar-refractivity contribution in [3.05, 3.63) is 58.9 Å². The molecular weight excluding hydrogens is 386 g/mol. The maximum absolute atomic E-state index is 12.3. The minimum Gasteiger partial charge on any atom is -0.435 e. The Bertz CT molecular complexity index is 1030. The van der Waals surface area contributed by atoms with Crippen LogP contribution in [0, 0.1) is 11.7 Å². The number of carbonyl (C=O) groups is 1. The highest BCUT2D eigenvalue weighted by molar-refractivity contribution is 7.71. The number of benzene rings is 2. The zero-order valence-corrected chi connectivity index (χ0v) is 15.8. The second-order valence-corrected chi connectivity index (χ2v) is 6.46. The summed E-state index contributed by atoms with van der Waals surface area (Å²) in [5, 5.41) is 9.67. The first-order valence-corrected chi connectivity index (χ1v) is 8.90. The molecule has 0 radical (unpaired) electrons. The van der Waals surface area contributed by atoms with Crippen molar-refractivity contribution in [3.8, 4) is 17.1 Å². The summed E-state index contributed by atoms with van der Waals surface area (Å²) in [6.07, 6.45) is 0.132. The van der Waals surface area contributed by atoms with Gasteiger partial charge in [0.2, 0.25) is 5.91 Å². The highest BCUT2D eigenvalue weighted by Gasteiger charge is 2.12. The van der Waals surface area contributed by atoms with Crippen molar-refractivity contribution >= 4 is 23.8 Å². The van der Waals surface area contributed by atoms with Crippen LogP contribution in [0.5, 0.6) is 5.75 Å². The molecule has 1 aromatic heterocycles. The van der Waals surface area contributed by atoms with Crippen LogP contribution in [0.4, 0.5) is 14.5 Å². The third-order valence-corrected chi connectivity index (χ3v) is 4.25. The van der Waals surface area contributed by atoms with Crippen LogP contribution in [0.25, 0.3) is 11.4 Å². The van der Waals surface area contributed by atoms with Gasteiger partial charge >= 0.3 is 6.61 Å². The van der Waals surface area contributed by atoms with Crippen LogP contribution in [-0.4, -0.2) is 27.3 Å². The lowest BCUT2D eigenvalue weighted by Gasteiger charge is -2.10. The number of halogens is 2. The second kappa shape index (κ2) is 8.75. The number of nitrogens with zero attached hydrogens (tertiary/aromatic N) is 2. The molecule has 0 unspecified atom stereocenters. The Balaban J connectivity index is 1.67. The topological polar surface area (TPSA) is 71.9 Å². The molecule has 146 valence electrons. The molecule has 3 aromatic rings. The number of aromatic amines is 1. The number of anilines is 1. The molecule has 0 saturated heterocycles. The number of rotatable bonds is 7. The first-order chi connectivity index (χ1) is 13.4. The highest BCUT2D eigenvalue weighted by Crippen LogP contribution is 2.21. The van der Waals surface area contributed by atoms with Crippen molar-refractivity contribution in [1.82, 2.24) is 14.8 Å². The van der Waals surface area contributed by atoms with Crippen molar-refractivity contribution in [3.63, 3.8) is 0 Å². The number of amides is 1. The Morgan fingerprint density at radius 1 is 1.29 bits per heavy atom. The molecule has 28 heavy (non-hydrogen) atoms. The minimum absolute atomic E-state index is 0.0217. The predicted octanol–water partition coefficient (Wildman–Crippen LogP) is 4.55. The summed E-state index contributed by atoms with van der Waals surface area (Å²) < 4.78 is 31.1. The smallest absolute Gasteiger partial charge is 0.387 e. The molecule has 0 aliphatic rings. The van der Waals surface area contributed by atoms with Gasteiger partial charge in [0.05, 0.1) is 0 Å². The summed E-state index contributed by atoms with van der Waals surface area (Å²) in [5.74, 6) is 0.341. The van der Waals surface area contributed by atoms with Gasteiger partial charge in [-0.2, -0.15) is 13.9 Å². The van der Waals surface area contributed by atoms with Gasteiger partial charge in [0.1, 0.15) is 5.75 Å². The molecule has 2 N–H and O–H groups in total. The monoisotopic (exact) mass is 404 g/mol. The number of carbonyl (C=O) groups excluding carboxylic acids is 1. The molecule has 0 saturated carbocycles. The zero-order valence-electron chi connectivity index (χ0n) is 15.0. The molecule has 0 aliphatic carbocycles. The number of hydrogen-bond donors (Lipinski definition) is 2. The van der Waals surface area contributed by atoms with Gasteiger partial charge in [-0.1, -0.05) is 29.8 Å². The number of H-pyrrole nitrogens is 1. The Morgan fingerprint density at radius 3 is 2.82 bits per heavy atom. The maximum atomic E-state index is 12.3. The Hall–Kier alpha value is -3.07. The van der Waals surface area contributed by atoms with Gasteiger partial charge in [-0.15, -0.1) is 0 Å². The maximum Gasteiger partial charge on any atom is 0.387 e. The van der Waals surface area contributed by atoms with Crippen LogP contribution in [0.1, 0.15) is 12.0 Å². The number of hydrogen-bond acceptors (Lipinski definition) is 4. The summed E-state index contributed by atoms with van der Waals surface area (Å²) in [4.78, 5) is 12.3. The summed E-state index contributed by atoms with van der Waals surface area (Å²) in [5.41, 5.74) is 2.35. The number of alkyl halides is 2. The first kappa shape index (κ1) is 19.7. The molecular formula is C19H18F2N4O2S. The molecule has 3 rings (SSSR count). The van der Waals surface area contributed by atoms with Crippen molar-refractivity contribution in [1.29, 1.82) is 0 Å². The van der Waals surface area contributed by atoms with Crippen LogP contribution < -0.4 is 10.1 Å². The summed E-state index contributed by atoms with van der Waals surface area (Å²) in [6, 6.07) is 13.7. The lowest BCUT2D eigenvalue weighted by atomic mass is 10.1. The lowest BCUT2D eigenvalue weighted by molar-refractivity contribution is -0.116. The van der Waals surface area contributed by atoms with Crippen molar-refractivity contribution in [2.45, 2.75) is 26.5 Å². The molecule has 6 nitrogen and oxygen atoms in total. The van der Waals surface area contributed by atoms with E-state index in [1.54, 1.807) is 10.6 Å². The highest BCUT2D eigenvalue weighted by atomic mass is 32.1. The van der Waals surface area contributed by atoms with E-state index >= 15 is 0 Å². The average molecular weight is 404 g/mol. The summed E-state index contributed by atoms with van der Waals surface area (Å²) in [6.45, 7) is -0.625. The fourth-order valence-corrected chi connectivity index (χ4v) is 2.94. The van der Waals surface area contributed by atoms with Crippen molar-refractivity contribution in [2.75, 3.05) is 5.32 Å². The van der Waals surface area contributed by atoms with Crippen LogP contribution >= 0.6 is 12.2 Å². The van der Waals surface area contributed by atoms with Crippen LogP contribution in [-0.2, 0) is 11.3 Å². The molecule has 0 spiro atoms. The molecule has 1 heterocycles. The van der Waals surface area contributed by atoms with E-state index in [9.17, 15) is 13.6 Å². The molecule has 0 atom stereocenters. The standard InChI is InChI=1S/C19H18F2N4O2S/c1-12-4-2-5-13(10-12)17-23-24-19(28)25(17)9-8-16(26)22-14-6-3-7-15(11-14)27-18(20)21/h2-7,10-11,18H,8-9H2,1H3,(H,22,26)(H,24,28). The van der Waals surface area contributed by atoms with Crippen LogP contribution in [0.2, 0.25) is 0 Å². The van der Waals surface area contributed by atoms with E-state index in [4.69, 9.17) is 12.2 Å². The lowest BCUT2D eigenvalue weighted by Crippen LogP contribution is -2.15. The van der Waals surface area contributed by atoms with Crippen LogP contribution in [0.3, 0.4) is 0 Å². The van der Waals surface area contributed by atoms with E-state index < -0.39 is 6.61 Å². The third-order valence-electron chi connectivity index (χ3n) is 3.94. The summed E-state index contributed by atoms with van der Waals surface area (Å²) in [7, 11) is 0. The van der Waals surface area contributed by atoms with Gasteiger partial charge in [0.15, 0.2) is 10.6 Å². The Kier molecular flexibility index (Phi) is 6.15. The van der Waals surface area contributed by atoms with Gasteiger partial charge < -0.3 is 10.1 Å². The van der Waals surface area contributed by atoms with E-state index in [-0.39, 0.29) is 18.1 Å². The minimum atomic E-state index is -2.92. The van der Waals surface area contributed by atoms with Crippen LogP contribution in [0.15, 0.2) is 48.5 Å². The first-order valence-electron chi connectivity index (χ1n) is 8.49. The fourth-order valence-electron chi connectivity index (χ4n) is 2.72. The SMILES string of the molecule is Cc1cccc(-c2n[nH]c(=S)n2CCC(=O)Nc2cccc(OC(F)F)c2)c1. The van der Waals surface area contributed by atoms with Crippen molar-refractivity contribution in [2.24, 2.45) is 0 Å². The van der Waals surface area contributed by atoms with E-state index in [0.29, 0.717) is 22.8 Å². The molecule has 2 aromatic carbocycles. The average Bonchev–Trinajstić information content (AvgIpc) is 3.00. The molecule has 9 heteroatoms. The Morgan fingerprint density at radius 2 is 2.07 bits per heavy atom. The largest absolute Gasteiger partial charge is 0.435 e. The van der Waals surface area contributed by atoms with E-state index in [0.717, 1.165) is 11.1 Å². The van der Waals surface area contributed by atoms with Gasteiger partial charge in [-0.25, -0.2) is 0 Å². The van der Waals surface area contributed by atoms with E-state index in [1.165, 1.54) is 18.2 Å². The van der Waals surface area contributed by atoms with Crippen molar-refractivity contribution < 1.29 is 18.3 Å². The van der Waals surface area contributed by atoms with E-state index in [2.05, 4.69) is 20.3 Å². The number of aromatic nitrogens is 3. The fraction of sp³-hybridized carbons (Fsp3) is 0.211. The molecule has 0 aliphatic heterocycles.